The number of nitrogens with zero attached hydrogens (tertiary/aromatic N) is 3. The van der Waals surface area contributed by atoms with Gasteiger partial charge < -0.3 is 10.6 Å². The summed E-state index contributed by atoms with van der Waals surface area (Å²) in [6, 6.07) is 0. The molecule has 4 nitrogen and oxygen atoms in total. The van der Waals surface area contributed by atoms with Crippen LogP contribution in [0, 0.1) is 0 Å². The third-order valence-electron chi connectivity index (χ3n) is 2.36. The lowest BCUT2D eigenvalue weighted by atomic mass is 10.2. The number of hydrogen-bond donors (Lipinski definition) is 1. The van der Waals surface area contributed by atoms with Gasteiger partial charge in [-0.05, 0) is 13.3 Å². The third kappa shape index (κ3) is 3.47. The standard InChI is InChI=1S/C10H15F3N4/c1-3-7-8(14)15-6-16-9(7)17(4-2)5-10(11,12)13/h6H,3-5H2,1-2H3,(H2,14,15,16). The van der Waals surface area contributed by atoms with E-state index in [1.54, 1.807) is 13.8 Å². The summed E-state index contributed by atoms with van der Waals surface area (Å²) >= 11 is 0. The summed E-state index contributed by atoms with van der Waals surface area (Å²) in [5, 5.41) is 0. The van der Waals surface area contributed by atoms with Crippen LogP contribution >= 0.6 is 0 Å². The molecule has 0 saturated carbocycles. The highest BCUT2D eigenvalue weighted by atomic mass is 19.4. The van der Waals surface area contributed by atoms with Crippen LogP contribution in [0.25, 0.3) is 0 Å². The Morgan fingerprint density at radius 3 is 2.41 bits per heavy atom. The first-order chi connectivity index (χ1) is 7.89. The van der Waals surface area contributed by atoms with Gasteiger partial charge in [-0.1, -0.05) is 6.92 Å². The molecule has 1 rings (SSSR count). The SMILES string of the molecule is CCc1c(N)ncnc1N(CC)CC(F)(F)F. The predicted molar refractivity (Wildman–Crippen MR) is 59.8 cm³/mol. The monoisotopic (exact) mass is 248 g/mol. The Morgan fingerprint density at radius 2 is 1.94 bits per heavy atom. The van der Waals surface area contributed by atoms with Crippen LogP contribution in [0.4, 0.5) is 24.8 Å². The quantitative estimate of drug-likeness (QED) is 0.885. The van der Waals surface area contributed by atoms with Crippen LogP contribution in [0.2, 0.25) is 0 Å². The number of anilines is 2. The number of halogens is 3. The van der Waals surface area contributed by atoms with E-state index in [0.717, 1.165) is 4.90 Å². The summed E-state index contributed by atoms with van der Waals surface area (Å²) < 4.78 is 37.2. The Hall–Kier alpha value is -1.53. The van der Waals surface area contributed by atoms with Crippen molar-refractivity contribution in [2.45, 2.75) is 26.4 Å². The molecule has 0 unspecified atom stereocenters. The highest BCUT2D eigenvalue weighted by Gasteiger charge is 2.31. The molecule has 0 aromatic carbocycles. The first-order valence-corrected chi connectivity index (χ1v) is 5.30. The topological polar surface area (TPSA) is 55.0 Å². The average molecular weight is 248 g/mol. The van der Waals surface area contributed by atoms with Crippen LogP contribution in [0.3, 0.4) is 0 Å². The summed E-state index contributed by atoms with van der Waals surface area (Å²) in [7, 11) is 0. The lowest BCUT2D eigenvalue weighted by Gasteiger charge is -2.25. The number of rotatable bonds is 4. The Bertz CT molecular complexity index is 378. The van der Waals surface area contributed by atoms with Crippen molar-refractivity contribution < 1.29 is 13.2 Å². The fraction of sp³-hybridized carbons (Fsp3) is 0.600. The van der Waals surface area contributed by atoms with Crippen LogP contribution in [0.1, 0.15) is 19.4 Å². The van der Waals surface area contributed by atoms with Crippen molar-refractivity contribution in [1.82, 2.24) is 9.97 Å². The maximum atomic E-state index is 12.4. The van der Waals surface area contributed by atoms with Crippen molar-refractivity contribution in [2.24, 2.45) is 0 Å². The number of alkyl halides is 3. The van der Waals surface area contributed by atoms with Gasteiger partial charge in [-0.3, -0.25) is 0 Å². The van der Waals surface area contributed by atoms with Crippen molar-refractivity contribution in [3.05, 3.63) is 11.9 Å². The summed E-state index contributed by atoms with van der Waals surface area (Å²) in [4.78, 5) is 8.83. The average Bonchev–Trinajstić information content (AvgIpc) is 2.24. The van der Waals surface area contributed by atoms with Crippen molar-refractivity contribution in [2.75, 3.05) is 23.7 Å². The van der Waals surface area contributed by atoms with Gasteiger partial charge in [0.2, 0.25) is 0 Å². The predicted octanol–water partition coefficient (Wildman–Crippen LogP) is 2.01. The smallest absolute Gasteiger partial charge is 0.383 e. The van der Waals surface area contributed by atoms with Gasteiger partial charge >= 0.3 is 6.18 Å². The summed E-state index contributed by atoms with van der Waals surface area (Å²) in [6.45, 7) is 2.62. The minimum absolute atomic E-state index is 0.211. The summed E-state index contributed by atoms with van der Waals surface area (Å²) in [6.07, 6.45) is -2.58. The van der Waals surface area contributed by atoms with Crippen LogP contribution in [0.5, 0.6) is 0 Å². The van der Waals surface area contributed by atoms with E-state index in [4.69, 9.17) is 5.73 Å². The van der Waals surface area contributed by atoms with Gasteiger partial charge in [0.15, 0.2) is 0 Å². The van der Waals surface area contributed by atoms with Gasteiger partial charge in [0.1, 0.15) is 24.5 Å². The fourth-order valence-corrected chi connectivity index (χ4v) is 1.58. The van der Waals surface area contributed by atoms with E-state index in [0.29, 0.717) is 12.0 Å². The third-order valence-corrected chi connectivity index (χ3v) is 2.36. The van der Waals surface area contributed by atoms with E-state index in [9.17, 15) is 13.2 Å². The molecule has 0 bridgehead atoms. The van der Waals surface area contributed by atoms with E-state index in [1.807, 2.05) is 0 Å². The highest BCUT2D eigenvalue weighted by Crippen LogP contribution is 2.25. The number of aromatic nitrogens is 2. The molecule has 17 heavy (non-hydrogen) atoms. The lowest BCUT2D eigenvalue weighted by molar-refractivity contribution is -0.119. The van der Waals surface area contributed by atoms with Crippen LogP contribution in [0.15, 0.2) is 6.33 Å². The Balaban J connectivity index is 3.07. The van der Waals surface area contributed by atoms with Gasteiger partial charge in [0.25, 0.3) is 0 Å². The number of nitrogens with two attached hydrogens (primary N) is 1. The molecule has 7 heteroatoms. The van der Waals surface area contributed by atoms with Crippen molar-refractivity contribution in [3.8, 4) is 0 Å². The second kappa shape index (κ2) is 5.20. The maximum absolute atomic E-state index is 12.4. The molecule has 0 aliphatic rings. The van der Waals surface area contributed by atoms with E-state index in [-0.39, 0.29) is 18.2 Å². The van der Waals surface area contributed by atoms with Gasteiger partial charge in [0, 0.05) is 12.1 Å². The molecule has 1 aromatic rings. The molecule has 0 aliphatic carbocycles. The molecule has 1 aromatic heterocycles. The molecule has 0 atom stereocenters. The molecule has 0 spiro atoms. The summed E-state index contributed by atoms with van der Waals surface area (Å²) in [5.41, 5.74) is 6.18. The van der Waals surface area contributed by atoms with Crippen LogP contribution < -0.4 is 10.6 Å². The molecular weight excluding hydrogens is 233 g/mol. The summed E-state index contributed by atoms with van der Waals surface area (Å²) in [5.74, 6) is 0.498. The first kappa shape index (κ1) is 13.5. The van der Waals surface area contributed by atoms with Gasteiger partial charge in [-0.25, -0.2) is 9.97 Å². The lowest BCUT2D eigenvalue weighted by Crippen LogP contribution is -2.35. The maximum Gasteiger partial charge on any atom is 0.405 e. The van der Waals surface area contributed by atoms with Gasteiger partial charge in [0.05, 0.1) is 0 Å². The zero-order valence-corrected chi connectivity index (χ0v) is 9.75. The molecular formula is C10H15F3N4. The van der Waals surface area contributed by atoms with E-state index >= 15 is 0 Å². The Labute approximate surface area is 97.7 Å². The molecule has 0 aliphatic heterocycles. The minimum atomic E-state index is -4.26. The van der Waals surface area contributed by atoms with Crippen molar-refractivity contribution in [1.29, 1.82) is 0 Å². The van der Waals surface area contributed by atoms with Crippen molar-refractivity contribution >= 4 is 11.6 Å². The normalized spacial score (nSPS) is 11.6. The molecule has 0 saturated heterocycles. The van der Waals surface area contributed by atoms with Gasteiger partial charge in [-0.2, -0.15) is 13.2 Å². The second-order valence-electron chi connectivity index (χ2n) is 3.54. The number of nitrogen functional groups attached to an aromatic ring is 1. The Morgan fingerprint density at radius 1 is 1.29 bits per heavy atom. The first-order valence-electron chi connectivity index (χ1n) is 5.30. The van der Waals surface area contributed by atoms with Crippen LogP contribution in [-0.2, 0) is 6.42 Å². The largest absolute Gasteiger partial charge is 0.405 e. The highest BCUT2D eigenvalue weighted by molar-refractivity contribution is 5.56. The van der Waals surface area contributed by atoms with Crippen LogP contribution in [-0.4, -0.2) is 29.2 Å². The van der Waals surface area contributed by atoms with Crippen molar-refractivity contribution in [3.63, 3.8) is 0 Å². The fourth-order valence-electron chi connectivity index (χ4n) is 1.58. The second-order valence-corrected chi connectivity index (χ2v) is 3.54. The zero-order chi connectivity index (χ0) is 13.1. The number of hydrogen-bond acceptors (Lipinski definition) is 4. The van der Waals surface area contributed by atoms with E-state index < -0.39 is 12.7 Å². The van der Waals surface area contributed by atoms with E-state index in [1.165, 1.54) is 6.33 Å². The molecule has 2 N–H and O–H groups in total. The van der Waals surface area contributed by atoms with Gasteiger partial charge in [-0.15, -0.1) is 0 Å². The molecule has 1 heterocycles. The zero-order valence-electron chi connectivity index (χ0n) is 9.75. The molecule has 96 valence electrons. The molecule has 0 fully saturated rings. The molecule has 0 radical (unpaired) electrons. The van der Waals surface area contributed by atoms with E-state index in [2.05, 4.69) is 9.97 Å². The Kier molecular flexibility index (Phi) is 4.14. The molecule has 0 amide bonds. The minimum Gasteiger partial charge on any atom is -0.383 e.